The molecule has 2 saturated heterocycles. The standard InChI is InChI=1S/C29H26F5N7O3/c30-20-2-1-8-37-26(20)41-24(29(32,33)34)18(13-38-41)27(42)39-17-3-4-23(21(31)12-17)44-22-5-9-36-25(35)19(22)14-40-15-28(16-40)6-10-43-11-7-28/h1-5,8-9,12-13H,6-7,10-11,14-16H2,(H2,35,36)(H,39,42). The lowest BCUT2D eigenvalue weighted by atomic mass is 9.73. The Hall–Kier alpha value is -4.63. The van der Waals surface area contributed by atoms with E-state index in [0.717, 1.165) is 57.5 Å². The fourth-order valence-electron chi connectivity index (χ4n) is 5.56. The minimum atomic E-state index is -5.10. The zero-order valence-corrected chi connectivity index (χ0v) is 23.1. The monoisotopic (exact) mass is 615 g/mol. The summed E-state index contributed by atoms with van der Waals surface area (Å²) in [6, 6.07) is 7.06. The molecule has 1 spiro atoms. The molecule has 0 saturated carbocycles. The number of nitrogens with two attached hydrogens (primary N) is 1. The number of amides is 1. The highest BCUT2D eigenvalue weighted by atomic mass is 19.4. The van der Waals surface area contributed by atoms with Gasteiger partial charge in [-0.05, 0) is 43.2 Å². The van der Waals surface area contributed by atoms with Gasteiger partial charge in [0.05, 0.1) is 17.3 Å². The maximum Gasteiger partial charge on any atom is 0.434 e. The summed E-state index contributed by atoms with van der Waals surface area (Å²) >= 11 is 0. The van der Waals surface area contributed by atoms with Gasteiger partial charge in [-0.25, -0.2) is 23.4 Å². The van der Waals surface area contributed by atoms with Crippen LogP contribution in [0.3, 0.4) is 0 Å². The van der Waals surface area contributed by atoms with Gasteiger partial charge in [-0.2, -0.15) is 18.3 Å². The van der Waals surface area contributed by atoms with Crippen LogP contribution in [-0.4, -0.2) is 56.9 Å². The fraction of sp³-hybridized carbons (Fsp3) is 0.310. The molecule has 4 aromatic rings. The molecular formula is C29H26F5N7O3. The minimum Gasteiger partial charge on any atom is -0.454 e. The van der Waals surface area contributed by atoms with Crippen molar-refractivity contribution in [3.63, 3.8) is 0 Å². The molecule has 6 rings (SSSR count). The van der Waals surface area contributed by atoms with Gasteiger partial charge in [0.15, 0.2) is 28.9 Å². The van der Waals surface area contributed by atoms with Crippen LogP contribution in [0.15, 0.2) is 55.0 Å². The Labute approximate surface area is 247 Å². The molecule has 0 radical (unpaired) electrons. The van der Waals surface area contributed by atoms with Gasteiger partial charge in [0.1, 0.15) is 11.6 Å². The van der Waals surface area contributed by atoms with Gasteiger partial charge in [-0.15, -0.1) is 0 Å². The number of likely N-dealkylation sites (tertiary alicyclic amines) is 1. The van der Waals surface area contributed by atoms with E-state index in [1.165, 1.54) is 24.4 Å². The second-order valence-corrected chi connectivity index (χ2v) is 10.8. The number of rotatable bonds is 7. The number of halogens is 5. The lowest BCUT2D eigenvalue weighted by Crippen LogP contribution is -2.57. The van der Waals surface area contributed by atoms with Crippen LogP contribution >= 0.6 is 0 Å². The van der Waals surface area contributed by atoms with Crippen molar-refractivity contribution in [2.75, 3.05) is 37.4 Å². The summed E-state index contributed by atoms with van der Waals surface area (Å²) in [5, 5.41) is 5.77. The normalized spacial score (nSPS) is 16.5. The molecule has 3 N–H and O–H groups in total. The Bertz CT molecular complexity index is 1700. The largest absolute Gasteiger partial charge is 0.454 e. The van der Waals surface area contributed by atoms with Crippen LogP contribution < -0.4 is 15.8 Å². The number of alkyl halides is 3. The van der Waals surface area contributed by atoms with Crippen molar-refractivity contribution in [2.45, 2.75) is 25.6 Å². The van der Waals surface area contributed by atoms with Crippen molar-refractivity contribution in [1.82, 2.24) is 24.6 Å². The van der Waals surface area contributed by atoms with Crippen LogP contribution in [0.25, 0.3) is 5.82 Å². The maximum absolute atomic E-state index is 15.1. The average Bonchev–Trinajstić information content (AvgIpc) is 3.42. The SMILES string of the molecule is Nc1nccc(Oc2ccc(NC(=O)c3cnn(-c4ncccc4F)c3C(F)(F)F)cc2F)c1CN1CC2(CCOCC2)C1. The fourth-order valence-corrected chi connectivity index (χ4v) is 5.56. The molecule has 15 heteroatoms. The van der Waals surface area contributed by atoms with E-state index in [1.54, 1.807) is 6.07 Å². The molecule has 0 atom stereocenters. The highest BCUT2D eigenvalue weighted by molar-refractivity contribution is 6.05. The second kappa shape index (κ2) is 11.5. The molecule has 0 aliphatic carbocycles. The van der Waals surface area contributed by atoms with E-state index in [9.17, 15) is 22.4 Å². The third-order valence-electron chi connectivity index (χ3n) is 7.73. The van der Waals surface area contributed by atoms with E-state index in [0.29, 0.717) is 24.1 Å². The number of carbonyl (C=O) groups is 1. The summed E-state index contributed by atoms with van der Waals surface area (Å²) in [4.78, 5) is 22.8. The molecule has 10 nitrogen and oxygen atoms in total. The Morgan fingerprint density at radius 1 is 1.05 bits per heavy atom. The number of carbonyl (C=O) groups excluding carboxylic acids is 1. The van der Waals surface area contributed by atoms with Crippen molar-refractivity contribution in [3.8, 4) is 17.3 Å². The summed E-state index contributed by atoms with van der Waals surface area (Å²) in [6.45, 7) is 3.68. The number of hydrogen-bond donors (Lipinski definition) is 2. The van der Waals surface area contributed by atoms with Crippen LogP contribution in [0.4, 0.5) is 33.5 Å². The van der Waals surface area contributed by atoms with Crippen molar-refractivity contribution in [1.29, 1.82) is 0 Å². The second-order valence-electron chi connectivity index (χ2n) is 10.8. The smallest absolute Gasteiger partial charge is 0.434 e. The van der Waals surface area contributed by atoms with Crippen LogP contribution in [-0.2, 0) is 17.5 Å². The van der Waals surface area contributed by atoms with Gasteiger partial charge >= 0.3 is 6.18 Å². The van der Waals surface area contributed by atoms with E-state index >= 15 is 4.39 Å². The van der Waals surface area contributed by atoms with Gasteiger partial charge in [0.2, 0.25) is 0 Å². The first-order chi connectivity index (χ1) is 21.0. The number of anilines is 2. The Morgan fingerprint density at radius 3 is 2.52 bits per heavy atom. The van der Waals surface area contributed by atoms with Crippen molar-refractivity contribution < 1.29 is 36.2 Å². The zero-order chi connectivity index (χ0) is 31.1. The van der Waals surface area contributed by atoms with E-state index < -0.39 is 40.8 Å². The van der Waals surface area contributed by atoms with Crippen LogP contribution in [0.1, 0.15) is 34.5 Å². The summed E-state index contributed by atoms with van der Waals surface area (Å²) < 4.78 is 82.7. The Morgan fingerprint density at radius 2 is 1.82 bits per heavy atom. The first-order valence-corrected chi connectivity index (χ1v) is 13.6. The van der Waals surface area contributed by atoms with Crippen molar-refractivity contribution >= 4 is 17.4 Å². The molecule has 2 fully saturated rings. The third-order valence-corrected chi connectivity index (χ3v) is 7.73. The predicted octanol–water partition coefficient (Wildman–Crippen LogP) is 5.20. The van der Waals surface area contributed by atoms with Gasteiger partial charge in [0, 0.05) is 62.4 Å². The number of nitrogens with one attached hydrogen (secondary N) is 1. The average molecular weight is 616 g/mol. The van der Waals surface area contributed by atoms with E-state index in [2.05, 4.69) is 25.3 Å². The Kier molecular flexibility index (Phi) is 7.67. The summed E-state index contributed by atoms with van der Waals surface area (Å²) in [5.74, 6) is -3.60. The minimum absolute atomic E-state index is 0.151. The summed E-state index contributed by atoms with van der Waals surface area (Å²) in [5.41, 5.74) is 4.37. The number of aromatic nitrogens is 4. The lowest BCUT2D eigenvalue weighted by Gasteiger charge is -2.52. The number of ether oxygens (including phenoxy) is 2. The molecule has 44 heavy (non-hydrogen) atoms. The topological polar surface area (TPSA) is 120 Å². The van der Waals surface area contributed by atoms with Crippen molar-refractivity contribution in [3.05, 3.63) is 83.4 Å². The van der Waals surface area contributed by atoms with Gasteiger partial charge in [-0.3, -0.25) is 9.69 Å². The number of nitrogen functional groups attached to an aromatic ring is 1. The molecule has 0 bridgehead atoms. The van der Waals surface area contributed by atoms with Gasteiger partial charge in [-0.1, -0.05) is 0 Å². The van der Waals surface area contributed by atoms with Gasteiger partial charge < -0.3 is 20.5 Å². The maximum atomic E-state index is 15.1. The van der Waals surface area contributed by atoms with E-state index in [-0.39, 0.29) is 27.4 Å². The summed E-state index contributed by atoms with van der Waals surface area (Å²) in [6.07, 6.45) is 0.0480. The predicted molar refractivity (Wildman–Crippen MR) is 147 cm³/mol. The van der Waals surface area contributed by atoms with E-state index in [4.69, 9.17) is 15.2 Å². The molecular weight excluding hydrogens is 589 g/mol. The number of nitrogens with zero attached hydrogens (tertiary/aromatic N) is 5. The van der Waals surface area contributed by atoms with Crippen LogP contribution in [0.5, 0.6) is 11.5 Å². The first-order valence-electron chi connectivity index (χ1n) is 13.6. The molecule has 3 aromatic heterocycles. The quantitative estimate of drug-likeness (QED) is 0.273. The molecule has 2 aliphatic rings. The Balaban J connectivity index is 1.18. The molecule has 2 aliphatic heterocycles. The number of benzene rings is 1. The van der Waals surface area contributed by atoms with Crippen LogP contribution in [0, 0.1) is 17.0 Å². The lowest BCUT2D eigenvalue weighted by molar-refractivity contribution is -0.143. The van der Waals surface area contributed by atoms with E-state index in [1.807, 2.05) is 0 Å². The zero-order valence-electron chi connectivity index (χ0n) is 23.1. The highest BCUT2D eigenvalue weighted by Gasteiger charge is 2.44. The molecule has 1 amide bonds. The first kappa shape index (κ1) is 29.4. The molecule has 0 unspecified atom stereocenters. The number of pyridine rings is 2. The summed E-state index contributed by atoms with van der Waals surface area (Å²) in [7, 11) is 0. The molecule has 230 valence electrons. The third kappa shape index (κ3) is 5.79. The highest BCUT2D eigenvalue weighted by Crippen LogP contribution is 2.42. The molecule has 5 heterocycles. The number of hydrogen-bond acceptors (Lipinski definition) is 8. The van der Waals surface area contributed by atoms with Crippen molar-refractivity contribution in [2.24, 2.45) is 5.41 Å². The molecule has 1 aromatic carbocycles. The van der Waals surface area contributed by atoms with Crippen LogP contribution in [0.2, 0.25) is 0 Å². The van der Waals surface area contributed by atoms with Gasteiger partial charge in [0.25, 0.3) is 5.91 Å².